The Morgan fingerprint density at radius 3 is 2.23 bits per heavy atom. The van der Waals surface area contributed by atoms with E-state index in [1.54, 1.807) is 10.4 Å². The Balaban J connectivity index is 1.58. The number of aryl methyl sites for hydroxylation is 3. The average molecular weight is 446 g/mol. The SMILES string of the molecule is Cc1ccc(-c2c(C)noc2C)cc1S(=O)(=O)N1CCN(c2ccc(Cl)cc2)CC1. The van der Waals surface area contributed by atoms with Crippen LogP contribution in [0.3, 0.4) is 0 Å². The van der Waals surface area contributed by atoms with Gasteiger partial charge in [0.25, 0.3) is 0 Å². The first kappa shape index (κ1) is 20.9. The Kier molecular flexibility index (Phi) is 5.61. The molecule has 0 spiro atoms. The van der Waals surface area contributed by atoms with Crippen molar-refractivity contribution in [2.45, 2.75) is 25.7 Å². The van der Waals surface area contributed by atoms with Gasteiger partial charge in [-0.25, -0.2) is 8.42 Å². The molecule has 1 aliphatic heterocycles. The van der Waals surface area contributed by atoms with E-state index in [0.29, 0.717) is 41.9 Å². The Bertz CT molecular complexity index is 1150. The van der Waals surface area contributed by atoms with Gasteiger partial charge in [0.05, 0.1) is 10.6 Å². The lowest BCUT2D eigenvalue weighted by Gasteiger charge is -2.35. The molecule has 0 saturated carbocycles. The normalized spacial score (nSPS) is 15.5. The van der Waals surface area contributed by atoms with Gasteiger partial charge in [0.2, 0.25) is 10.0 Å². The van der Waals surface area contributed by atoms with Crippen molar-refractivity contribution in [1.82, 2.24) is 9.46 Å². The van der Waals surface area contributed by atoms with Crippen molar-refractivity contribution in [2.24, 2.45) is 0 Å². The van der Waals surface area contributed by atoms with Gasteiger partial charge in [0.15, 0.2) is 0 Å². The van der Waals surface area contributed by atoms with Crippen LogP contribution < -0.4 is 4.90 Å². The fourth-order valence-corrected chi connectivity index (χ4v) is 5.71. The van der Waals surface area contributed by atoms with Crippen molar-refractivity contribution in [1.29, 1.82) is 0 Å². The zero-order valence-electron chi connectivity index (χ0n) is 17.2. The van der Waals surface area contributed by atoms with Crippen molar-refractivity contribution < 1.29 is 12.9 Å². The van der Waals surface area contributed by atoms with Crippen molar-refractivity contribution >= 4 is 27.3 Å². The summed E-state index contributed by atoms with van der Waals surface area (Å²) in [5.41, 5.74) is 4.17. The highest BCUT2D eigenvalue weighted by molar-refractivity contribution is 7.89. The van der Waals surface area contributed by atoms with E-state index >= 15 is 0 Å². The first-order chi connectivity index (χ1) is 14.3. The summed E-state index contributed by atoms with van der Waals surface area (Å²) >= 11 is 5.97. The van der Waals surface area contributed by atoms with Gasteiger partial charge >= 0.3 is 0 Å². The minimum atomic E-state index is -3.61. The van der Waals surface area contributed by atoms with Crippen LogP contribution in [0.5, 0.6) is 0 Å². The molecular weight excluding hydrogens is 422 g/mol. The summed E-state index contributed by atoms with van der Waals surface area (Å²) in [6, 6.07) is 13.1. The van der Waals surface area contributed by atoms with Gasteiger partial charge in [-0.2, -0.15) is 4.31 Å². The third-order valence-electron chi connectivity index (χ3n) is 5.56. The molecule has 3 aromatic rings. The minimum Gasteiger partial charge on any atom is -0.369 e. The number of nitrogens with zero attached hydrogens (tertiary/aromatic N) is 3. The number of sulfonamides is 1. The van der Waals surface area contributed by atoms with Crippen LogP contribution in [0.25, 0.3) is 11.1 Å². The lowest BCUT2D eigenvalue weighted by Crippen LogP contribution is -2.48. The van der Waals surface area contributed by atoms with E-state index in [1.807, 2.05) is 57.2 Å². The van der Waals surface area contributed by atoms with Gasteiger partial charge in [-0.3, -0.25) is 0 Å². The van der Waals surface area contributed by atoms with Crippen LogP contribution in [0.4, 0.5) is 5.69 Å². The van der Waals surface area contributed by atoms with Crippen molar-refractivity contribution in [3.05, 3.63) is 64.5 Å². The van der Waals surface area contributed by atoms with Crippen LogP contribution in [0.15, 0.2) is 51.9 Å². The molecule has 0 amide bonds. The maximum atomic E-state index is 13.4. The predicted octanol–water partition coefficient (Wildman–Crippen LogP) is 4.43. The molecule has 0 unspecified atom stereocenters. The zero-order valence-corrected chi connectivity index (χ0v) is 18.8. The molecule has 0 aliphatic carbocycles. The predicted molar refractivity (Wildman–Crippen MR) is 119 cm³/mol. The number of hydrogen-bond donors (Lipinski definition) is 0. The molecule has 2 heterocycles. The molecule has 8 heteroatoms. The van der Waals surface area contributed by atoms with Crippen LogP contribution in [-0.2, 0) is 10.0 Å². The summed E-state index contributed by atoms with van der Waals surface area (Å²) in [5, 5.41) is 4.68. The van der Waals surface area contributed by atoms with Crippen LogP contribution >= 0.6 is 11.6 Å². The second-order valence-electron chi connectivity index (χ2n) is 7.55. The van der Waals surface area contributed by atoms with E-state index in [4.69, 9.17) is 16.1 Å². The van der Waals surface area contributed by atoms with Crippen LogP contribution in [0.2, 0.25) is 5.02 Å². The molecule has 158 valence electrons. The van der Waals surface area contributed by atoms with Crippen molar-refractivity contribution in [3.8, 4) is 11.1 Å². The molecule has 6 nitrogen and oxygen atoms in total. The number of aromatic nitrogens is 1. The van der Waals surface area contributed by atoms with Gasteiger partial charge in [0, 0.05) is 42.5 Å². The Morgan fingerprint density at radius 2 is 1.63 bits per heavy atom. The molecule has 0 N–H and O–H groups in total. The van der Waals surface area contributed by atoms with Gasteiger partial charge < -0.3 is 9.42 Å². The number of rotatable bonds is 4. The molecule has 1 fully saturated rings. The molecule has 2 aromatic carbocycles. The summed E-state index contributed by atoms with van der Waals surface area (Å²) < 4.78 is 33.7. The minimum absolute atomic E-state index is 0.333. The number of benzene rings is 2. The Hall–Kier alpha value is -2.35. The second kappa shape index (κ2) is 8.06. The summed E-state index contributed by atoms with van der Waals surface area (Å²) in [6.45, 7) is 7.63. The molecule has 1 aromatic heterocycles. The maximum Gasteiger partial charge on any atom is 0.243 e. The number of halogens is 1. The van der Waals surface area contributed by atoms with Crippen LogP contribution in [-0.4, -0.2) is 44.1 Å². The van der Waals surface area contributed by atoms with Crippen LogP contribution in [0.1, 0.15) is 17.0 Å². The first-order valence-corrected chi connectivity index (χ1v) is 11.6. The standard InChI is InChI=1S/C22H24ClN3O3S/c1-15-4-5-18(22-16(2)24-29-17(22)3)14-21(15)30(27,28)26-12-10-25(11-13-26)20-8-6-19(23)7-9-20/h4-9,14H,10-13H2,1-3H3. The van der Waals surface area contributed by atoms with Gasteiger partial charge in [0.1, 0.15) is 5.76 Å². The van der Waals surface area contributed by atoms with Crippen molar-refractivity contribution in [3.63, 3.8) is 0 Å². The van der Waals surface area contributed by atoms with E-state index in [2.05, 4.69) is 10.1 Å². The third kappa shape index (κ3) is 3.85. The monoisotopic (exact) mass is 445 g/mol. The molecule has 0 radical (unpaired) electrons. The summed E-state index contributed by atoms with van der Waals surface area (Å²) in [5.74, 6) is 0.677. The molecule has 1 saturated heterocycles. The summed E-state index contributed by atoms with van der Waals surface area (Å²) in [6.07, 6.45) is 0. The third-order valence-corrected chi connectivity index (χ3v) is 7.85. The molecular formula is C22H24ClN3O3S. The van der Waals surface area contributed by atoms with E-state index in [-0.39, 0.29) is 0 Å². The average Bonchev–Trinajstić information content (AvgIpc) is 3.07. The fraction of sp³-hybridized carbons (Fsp3) is 0.318. The highest BCUT2D eigenvalue weighted by Gasteiger charge is 2.30. The largest absolute Gasteiger partial charge is 0.369 e. The molecule has 0 bridgehead atoms. The quantitative estimate of drug-likeness (QED) is 0.594. The van der Waals surface area contributed by atoms with Gasteiger partial charge in [-0.05, 0) is 62.2 Å². The number of piperazine rings is 1. The number of anilines is 1. The fourth-order valence-electron chi connectivity index (χ4n) is 3.91. The lowest BCUT2D eigenvalue weighted by atomic mass is 10.0. The first-order valence-electron chi connectivity index (χ1n) is 9.82. The lowest BCUT2D eigenvalue weighted by molar-refractivity contribution is 0.384. The molecule has 1 aliphatic rings. The van der Waals surface area contributed by atoms with E-state index in [0.717, 1.165) is 28.1 Å². The Labute approximate surface area is 182 Å². The highest BCUT2D eigenvalue weighted by Crippen LogP contribution is 2.31. The second-order valence-corrected chi connectivity index (χ2v) is 9.89. The van der Waals surface area contributed by atoms with Gasteiger partial charge in [-0.15, -0.1) is 0 Å². The maximum absolute atomic E-state index is 13.4. The number of hydrogen-bond acceptors (Lipinski definition) is 5. The topological polar surface area (TPSA) is 66.7 Å². The van der Waals surface area contributed by atoms with Crippen molar-refractivity contribution in [2.75, 3.05) is 31.1 Å². The molecule has 0 atom stereocenters. The molecule has 4 rings (SSSR count). The van der Waals surface area contributed by atoms with E-state index < -0.39 is 10.0 Å². The highest BCUT2D eigenvalue weighted by atomic mass is 35.5. The smallest absolute Gasteiger partial charge is 0.243 e. The Morgan fingerprint density at radius 1 is 0.967 bits per heavy atom. The van der Waals surface area contributed by atoms with E-state index in [9.17, 15) is 8.42 Å². The zero-order chi connectivity index (χ0) is 21.5. The van der Waals surface area contributed by atoms with Gasteiger partial charge in [-0.1, -0.05) is 28.9 Å². The van der Waals surface area contributed by atoms with E-state index in [1.165, 1.54) is 0 Å². The summed E-state index contributed by atoms with van der Waals surface area (Å²) in [7, 11) is -3.61. The molecule has 30 heavy (non-hydrogen) atoms. The van der Waals surface area contributed by atoms with Crippen LogP contribution in [0, 0.1) is 20.8 Å². The summed E-state index contributed by atoms with van der Waals surface area (Å²) in [4.78, 5) is 2.51.